The van der Waals surface area contributed by atoms with Crippen LogP contribution in [0.3, 0.4) is 0 Å². The van der Waals surface area contributed by atoms with Crippen molar-refractivity contribution in [1.82, 2.24) is 0 Å². The highest BCUT2D eigenvalue weighted by Crippen LogP contribution is 2.23. The summed E-state index contributed by atoms with van der Waals surface area (Å²) in [6.07, 6.45) is -0.426. The van der Waals surface area contributed by atoms with Gasteiger partial charge in [0.2, 0.25) is 0 Å². The Morgan fingerprint density at radius 2 is 1.32 bits per heavy atom. The molecule has 0 aliphatic heterocycles. The second-order valence-electron chi connectivity index (χ2n) is 5.86. The Hall–Kier alpha value is -2.95. The molecule has 0 spiro atoms. The van der Waals surface area contributed by atoms with E-state index in [0.717, 1.165) is 0 Å². The summed E-state index contributed by atoms with van der Waals surface area (Å²) in [5.41, 5.74) is 0.752. The lowest BCUT2D eigenvalue weighted by Crippen LogP contribution is -2.44. The third-order valence-electron chi connectivity index (χ3n) is 4.08. The quantitative estimate of drug-likeness (QED) is 0.801. The molecule has 5 nitrogen and oxygen atoms in total. The number of hydrogen-bond acceptors (Lipinski definition) is 5. The van der Waals surface area contributed by atoms with E-state index in [9.17, 15) is 14.4 Å². The van der Waals surface area contributed by atoms with E-state index in [1.165, 1.54) is 0 Å². The number of ketones is 1. The van der Waals surface area contributed by atoms with Crippen LogP contribution in [0.4, 0.5) is 0 Å². The van der Waals surface area contributed by atoms with Crippen molar-refractivity contribution in [2.75, 3.05) is 0 Å². The molecule has 2 aromatic rings. The lowest BCUT2D eigenvalue weighted by molar-refractivity contribution is -0.138. The zero-order valence-corrected chi connectivity index (χ0v) is 13.6. The molecule has 0 radical (unpaired) electrons. The van der Waals surface area contributed by atoms with Crippen LogP contribution >= 0.6 is 0 Å². The Balaban J connectivity index is 1.72. The molecule has 0 bridgehead atoms. The zero-order valence-electron chi connectivity index (χ0n) is 13.6. The van der Waals surface area contributed by atoms with E-state index < -0.39 is 24.1 Å². The van der Waals surface area contributed by atoms with Crippen LogP contribution in [0.2, 0.25) is 0 Å². The van der Waals surface area contributed by atoms with Gasteiger partial charge in [-0.2, -0.15) is 0 Å². The molecule has 1 aliphatic carbocycles. The average molecular weight is 338 g/mol. The van der Waals surface area contributed by atoms with Crippen molar-refractivity contribution >= 4 is 17.7 Å². The van der Waals surface area contributed by atoms with Gasteiger partial charge in [-0.15, -0.1) is 0 Å². The zero-order chi connectivity index (χ0) is 17.6. The first-order valence-electron chi connectivity index (χ1n) is 8.20. The van der Waals surface area contributed by atoms with Gasteiger partial charge in [0.05, 0.1) is 11.1 Å². The summed E-state index contributed by atoms with van der Waals surface area (Å²) in [6, 6.07) is 17.0. The van der Waals surface area contributed by atoms with Crippen molar-refractivity contribution in [3.8, 4) is 0 Å². The summed E-state index contributed by atoms with van der Waals surface area (Å²) in [7, 11) is 0. The van der Waals surface area contributed by atoms with Crippen LogP contribution in [-0.4, -0.2) is 29.9 Å². The number of rotatable bonds is 4. The molecule has 1 fully saturated rings. The van der Waals surface area contributed by atoms with Gasteiger partial charge < -0.3 is 9.47 Å². The number of esters is 2. The highest BCUT2D eigenvalue weighted by molar-refractivity contribution is 5.94. The standard InChI is InChI=1S/C20H18O5/c21-16-12-7-13-17(24-19(22)14-8-3-1-4-9-14)18(16)25-20(23)15-10-5-2-6-11-15/h1-6,8-11,17-18H,7,12-13H2/t17-,18+/m0/s1. The van der Waals surface area contributed by atoms with E-state index in [0.29, 0.717) is 30.4 Å². The minimum Gasteiger partial charge on any atom is -0.454 e. The molecule has 0 amide bonds. The maximum atomic E-state index is 12.2. The van der Waals surface area contributed by atoms with Crippen molar-refractivity contribution in [1.29, 1.82) is 0 Å². The van der Waals surface area contributed by atoms with E-state index in [1.807, 2.05) is 0 Å². The summed E-state index contributed by atoms with van der Waals surface area (Å²) in [5.74, 6) is -1.34. The normalized spacial score (nSPS) is 19.9. The lowest BCUT2D eigenvalue weighted by Gasteiger charge is -2.29. The van der Waals surface area contributed by atoms with Gasteiger partial charge in [0.15, 0.2) is 11.9 Å². The van der Waals surface area contributed by atoms with Crippen LogP contribution < -0.4 is 0 Å². The van der Waals surface area contributed by atoms with Crippen molar-refractivity contribution in [3.05, 3.63) is 71.8 Å². The fraction of sp³-hybridized carbons (Fsp3) is 0.250. The topological polar surface area (TPSA) is 69.7 Å². The molecule has 3 rings (SSSR count). The van der Waals surface area contributed by atoms with Crippen molar-refractivity contribution in [2.24, 2.45) is 0 Å². The van der Waals surface area contributed by atoms with Gasteiger partial charge in [0.1, 0.15) is 6.10 Å². The van der Waals surface area contributed by atoms with Crippen molar-refractivity contribution in [2.45, 2.75) is 31.5 Å². The summed E-state index contributed by atoms with van der Waals surface area (Å²) in [4.78, 5) is 36.7. The number of carbonyl (C=O) groups is 3. The molecule has 0 aromatic heterocycles. The Kier molecular flexibility index (Phi) is 5.23. The smallest absolute Gasteiger partial charge is 0.338 e. The fourth-order valence-corrected chi connectivity index (χ4v) is 2.78. The molecule has 0 unspecified atom stereocenters. The first-order valence-corrected chi connectivity index (χ1v) is 8.20. The van der Waals surface area contributed by atoms with Gasteiger partial charge in [-0.3, -0.25) is 4.79 Å². The minimum absolute atomic E-state index is 0.221. The van der Waals surface area contributed by atoms with E-state index in [4.69, 9.17) is 9.47 Å². The Morgan fingerprint density at radius 1 is 0.800 bits per heavy atom. The summed E-state index contributed by atoms with van der Waals surface area (Å²) in [6.45, 7) is 0. The molecule has 0 saturated heterocycles. The minimum atomic E-state index is -1.06. The molecule has 1 saturated carbocycles. The predicted octanol–water partition coefficient (Wildman–Crippen LogP) is 3.19. The van der Waals surface area contributed by atoms with Crippen LogP contribution in [0, 0.1) is 0 Å². The molecule has 128 valence electrons. The number of carbonyl (C=O) groups excluding carboxylic acids is 3. The SMILES string of the molecule is O=C(O[C@H]1CCCC(=O)[C@H]1OC(=O)c1ccccc1)c1ccccc1. The maximum absolute atomic E-state index is 12.2. The molecule has 2 atom stereocenters. The molecular weight excluding hydrogens is 320 g/mol. The monoisotopic (exact) mass is 338 g/mol. The van der Waals surface area contributed by atoms with Gasteiger partial charge in [-0.05, 0) is 37.1 Å². The van der Waals surface area contributed by atoms with Crippen LogP contribution in [0.5, 0.6) is 0 Å². The van der Waals surface area contributed by atoms with E-state index in [2.05, 4.69) is 0 Å². The molecule has 0 N–H and O–H groups in total. The van der Waals surface area contributed by atoms with Gasteiger partial charge in [-0.25, -0.2) is 9.59 Å². The number of ether oxygens (including phenoxy) is 2. The first-order chi connectivity index (χ1) is 12.1. The highest BCUT2D eigenvalue weighted by Gasteiger charge is 2.38. The third-order valence-corrected chi connectivity index (χ3v) is 4.08. The van der Waals surface area contributed by atoms with Crippen molar-refractivity contribution < 1.29 is 23.9 Å². The van der Waals surface area contributed by atoms with Gasteiger partial charge in [-0.1, -0.05) is 36.4 Å². The Labute approximate surface area is 145 Å². The van der Waals surface area contributed by atoms with Crippen LogP contribution in [0.25, 0.3) is 0 Å². The number of hydrogen-bond donors (Lipinski definition) is 0. The van der Waals surface area contributed by atoms with Crippen LogP contribution in [-0.2, 0) is 14.3 Å². The lowest BCUT2D eigenvalue weighted by atomic mass is 9.93. The number of Topliss-reactive ketones (excluding diaryl/α,β-unsaturated/α-hetero) is 1. The second-order valence-corrected chi connectivity index (χ2v) is 5.86. The Bertz CT molecular complexity index is 754. The van der Waals surface area contributed by atoms with Gasteiger partial charge in [0.25, 0.3) is 0 Å². The second kappa shape index (κ2) is 7.75. The van der Waals surface area contributed by atoms with Gasteiger partial charge in [0, 0.05) is 6.42 Å². The molecule has 1 aliphatic rings. The molecule has 5 heteroatoms. The van der Waals surface area contributed by atoms with Gasteiger partial charge >= 0.3 is 11.9 Å². The third kappa shape index (κ3) is 4.12. The highest BCUT2D eigenvalue weighted by atomic mass is 16.6. The summed E-state index contributed by atoms with van der Waals surface area (Å²) in [5, 5.41) is 0. The molecule has 0 heterocycles. The largest absolute Gasteiger partial charge is 0.454 e. The molecular formula is C20H18O5. The van der Waals surface area contributed by atoms with Crippen LogP contribution in [0.15, 0.2) is 60.7 Å². The first kappa shape index (κ1) is 16.9. The van der Waals surface area contributed by atoms with E-state index in [1.54, 1.807) is 60.7 Å². The summed E-state index contributed by atoms with van der Waals surface area (Å²) < 4.78 is 10.8. The van der Waals surface area contributed by atoms with Crippen molar-refractivity contribution in [3.63, 3.8) is 0 Å². The predicted molar refractivity (Wildman–Crippen MR) is 90.1 cm³/mol. The van der Waals surface area contributed by atoms with E-state index in [-0.39, 0.29) is 5.78 Å². The van der Waals surface area contributed by atoms with E-state index >= 15 is 0 Å². The fourth-order valence-electron chi connectivity index (χ4n) is 2.78. The average Bonchev–Trinajstić information content (AvgIpc) is 2.66. The molecule has 25 heavy (non-hydrogen) atoms. The summed E-state index contributed by atoms with van der Waals surface area (Å²) >= 11 is 0. The molecule has 2 aromatic carbocycles. The Morgan fingerprint density at radius 3 is 1.88 bits per heavy atom. The van der Waals surface area contributed by atoms with Crippen LogP contribution in [0.1, 0.15) is 40.0 Å². The maximum Gasteiger partial charge on any atom is 0.338 e. The number of benzene rings is 2.